The molecule has 0 aliphatic carbocycles. The number of thioether (sulfide) groups is 1. The van der Waals surface area contributed by atoms with E-state index in [-0.39, 0.29) is 11.7 Å². The summed E-state index contributed by atoms with van der Waals surface area (Å²) in [6.07, 6.45) is 1.41. The van der Waals surface area contributed by atoms with E-state index in [2.05, 4.69) is 20.5 Å². The van der Waals surface area contributed by atoms with E-state index in [1.165, 1.54) is 18.1 Å². The summed E-state index contributed by atoms with van der Waals surface area (Å²) in [4.78, 5) is 15.8. The maximum atomic E-state index is 11.9. The molecule has 0 aliphatic heterocycles. The van der Waals surface area contributed by atoms with Crippen LogP contribution in [0.3, 0.4) is 0 Å². The number of anilines is 1. The lowest BCUT2D eigenvalue weighted by molar-refractivity contribution is -0.113. The summed E-state index contributed by atoms with van der Waals surface area (Å²) in [5.74, 6) is 1.64. The second-order valence-corrected chi connectivity index (χ2v) is 5.53. The van der Waals surface area contributed by atoms with E-state index in [0.29, 0.717) is 16.6 Å². The van der Waals surface area contributed by atoms with Crippen molar-refractivity contribution in [2.24, 2.45) is 0 Å². The third kappa shape index (κ3) is 4.58. The number of hydrogen-bond acceptors (Lipinski definition) is 5. The molecule has 3 rings (SSSR count). The van der Waals surface area contributed by atoms with Gasteiger partial charge in [-0.15, -0.1) is 0 Å². The van der Waals surface area contributed by atoms with Crippen LogP contribution in [-0.4, -0.2) is 26.8 Å². The number of carbonyl (C=O) groups excluding carboxylic acids is 1. The fourth-order valence-corrected chi connectivity index (χ4v) is 2.40. The Bertz CT molecular complexity index is 746. The van der Waals surface area contributed by atoms with Gasteiger partial charge in [-0.05, 0) is 36.4 Å². The molecule has 0 atom stereocenters. The van der Waals surface area contributed by atoms with Crippen molar-refractivity contribution in [2.75, 3.05) is 11.1 Å². The second kappa shape index (κ2) is 7.46. The van der Waals surface area contributed by atoms with Gasteiger partial charge in [-0.3, -0.25) is 9.89 Å². The predicted molar refractivity (Wildman–Crippen MR) is 88.7 cm³/mol. The van der Waals surface area contributed by atoms with Gasteiger partial charge < -0.3 is 10.1 Å². The molecule has 1 aromatic heterocycles. The lowest BCUT2D eigenvalue weighted by Crippen LogP contribution is -2.14. The number of aromatic amines is 1. The number of nitrogens with zero attached hydrogens (tertiary/aromatic N) is 2. The SMILES string of the molecule is O=C(CSc1ncn[nH]1)Nc1ccc(Oc2ccccc2)cc1. The van der Waals surface area contributed by atoms with E-state index in [1.54, 1.807) is 12.1 Å². The van der Waals surface area contributed by atoms with Gasteiger partial charge in [0.05, 0.1) is 5.75 Å². The molecule has 7 heteroatoms. The van der Waals surface area contributed by atoms with E-state index in [0.717, 1.165) is 5.75 Å². The van der Waals surface area contributed by atoms with Crippen molar-refractivity contribution in [1.82, 2.24) is 15.2 Å². The Balaban J connectivity index is 1.51. The minimum Gasteiger partial charge on any atom is -0.457 e. The molecule has 3 aromatic rings. The molecule has 116 valence electrons. The average Bonchev–Trinajstić information content (AvgIpc) is 3.09. The van der Waals surface area contributed by atoms with Crippen LogP contribution in [0, 0.1) is 0 Å². The molecule has 0 saturated carbocycles. The Morgan fingerprint density at radius 3 is 2.52 bits per heavy atom. The molecule has 0 saturated heterocycles. The number of benzene rings is 2. The standard InChI is InChI=1S/C16H14N4O2S/c21-15(10-23-16-17-11-18-20-16)19-12-6-8-14(9-7-12)22-13-4-2-1-3-5-13/h1-9,11H,10H2,(H,19,21)(H,17,18,20). The number of ether oxygens (including phenoxy) is 1. The maximum Gasteiger partial charge on any atom is 0.234 e. The van der Waals surface area contributed by atoms with Crippen LogP contribution in [0.1, 0.15) is 0 Å². The molecule has 2 N–H and O–H groups in total. The Morgan fingerprint density at radius 2 is 1.83 bits per heavy atom. The fraction of sp³-hybridized carbons (Fsp3) is 0.0625. The largest absolute Gasteiger partial charge is 0.457 e. The van der Waals surface area contributed by atoms with Crippen LogP contribution in [0.25, 0.3) is 0 Å². The third-order valence-corrected chi connectivity index (χ3v) is 3.73. The maximum absolute atomic E-state index is 11.9. The lowest BCUT2D eigenvalue weighted by Gasteiger charge is -2.07. The summed E-state index contributed by atoms with van der Waals surface area (Å²) in [6, 6.07) is 16.8. The van der Waals surface area contributed by atoms with Crippen LogP contribution in [0.2, 0.25) is 0 Å². The highest BCUT2D eigenvalue weighted by atomic mass is 32.2. The number of para-hydroxylation sites is 1. The average molecular weight is 326 g/mol. The van der Waals surface area contributed by atoms with Crippen molar-refractivity contribution in [3.05, 3.63) is 60.9 Å². The number of aromatic nitrogens is 3. The highest BCUT2D eigenvalue weighted by Crippen LogP contribution is 2.22. The van der Waals surface area contributed by atoms with Crippen molar-refractivity contribution in [1.29, 1.82) is 0 Å². The minimum atomic E-state index is -0.108. The van der Waals surface area contributed by atoms with Gasteiger partial charge in [0.2, 0.25) is 5.91 Å². The van der Waals surface area contributed by atoms with Gasteiger partial charge in [0, 0.05) is 5.69 Å². The molecule has 2 aromatic carbocycles. The molecular formula is C16H14N4O2S. The number of amides is 1. The fourth-order valence-electron chi connectivity index (χ4n) is 1.83. The number of nitrogens with one attached hydrogen (secondary N) is 2. The molecule has 0 unspecified atom stereocenters. The van der Waals surface area contributed by atoms with Gasteiger partial charge in [-0.1, -0.05) is 30.0 Å². The molecule has 0 bridgehead atoms. The Kier molecular flexibility index (Phi) is 4.90. The van der Waals surface area contributed by atoms with Crippen molar-refractivity contribution >= 4 is 23.4 Å². The van der Waals surface area contributed by atoms with E-state index in [9.17, 15) is 4.79 Å². The summed E-state index contributed by atoms with van der Waals surface area (Å²) >= 11 is 1.29. The van der Waals surface area contributed by atoms with Crippen LogP contribution in [0.5, 0.6) is 11.5 Å². The Hall–Kier alpha value is -2.80. The highest BCUT2D eigenvalue weighted by Gasteiger charge is 2.05. The summed E-state index contributed by atoms with van der Waals surface area (Å²) in [5.41, 5.74) is 0.716. The second-order valence-electron chi connectivity index (χ2n) is 4.57. The Labute approximate surface area is 137 Å². The van der Waals surface area contributed by atoms with Crippen LogP contribution in [0.15, 0.2) is 66.1 Å². The molecule has 0 radical (unpaired) electrons. The first-order chi connectivity index (χ1) is 11.3. The molecule has 6 nitrogen and oxygen atoms in total. The van der Waals surface area contributed by atoms with E-state index in [4.69, 9.17) is 4.74 Å². The zero-order valence-corrected chi connectivity index (χ0v) is 12.9. The molecule has 1 heterocycles. The normalized spacial score (nSPS) is 10.3. The first-order valence-electron chi connectivity index (χ1n) is 6.90. The third-order valence-electron chi connectivity index (χ3n) is 2.85. The number of rotatable bonds is 6. The quantitative estimate of drug-likeness (QED) is 0.679. The molecule has 0 aliphatic rings. The molecule has 0 spiro atoms. The summed E-state index contributed by atoms with van der Waals surface area (Å²) in [6.45, 7) is 0. The van der Waals surface area contributed by atoms with Gasteiger partial charge in [-0.2, -0.15) is 5.10 Å². The highest BCUT2D eigenvalue weighted by molar-refractivity contribution is 7.99. The predicted octanol–water partition coefficient (Wildman–Crippen LogP) is 3.33. The molecule has 1 amide bonds. The van der Waals surface area contributed by atoms with Crippen molar-refractivity contribution in [3.8, 4) is 11.5 Å². The minimum absolute atomic E-state index is 0.108. The number of hydrogen-bond donors (Lipinski definition) is 2. The van der Waals surface area contributed by atoms with Crippen molar-refractivity contribution in [3.63, 3.8) is 0 Å². The zero-order valence-electron chi connectivity index (χ0n) is 12.1. The van der Waals surface area contributed by atoms with E-state index >= 15 is 0 Å². The van der Waals surface area contributed by atoms with Crippen molar-refractivity contribution in [2.45, 2.75) is 5.16 Å². The van der Waals surface area contributed by atoms with Gasteiger partial charge >= 0.3 is 0 Å². The van der Waals surface area contributed by atoms with Crippen LogP contribution in [0.4, 0.5) is 5.69 Å². The van der Waals surface area contributed by atoms with Crippen LogP contribution >= 0.6 is 11.8 Å². The van der Waals surface area contributed by atoms with E-state index < -0.39 is 0 Å². The zero-order chi connectivity index (χ0) is 15.9. The lowest BCUT2D eigenvalue weighted by atomic mass is 10.3. The summed E-state index contributed by atoms with van der Waals surface area (Å²) in [5, 5.41) is 9.85. The van der Waals surface area contributed by atoms with E-state index in [1.807, 2.05) is 42.5 Å². The monoisotopic (exact) mass is 326 g/mol. The van der Waals surface area contributed by atoms with Gasteiger partial charge in [0.25, 0.3) is 0 Å². The first kappa shape index (κ1) is 15.1. The van der Waals surface area contributed by atoms with Gasteiger partial charge in [0.1, 0.15) is 17.8 Å². The smallest absolute Gasteiger partial charge is 0.234 e. The molecule has 23 heavy (non-hydrogen) atoms. The van der Waals surface area contributed by atoms with Crippen molar-refractivity contribution < 1.29 is 9.53 Å². The number of H-pyrrole nitrogens is 1. The summed E-state index contributed by atoms with van der Waals surface area (Å²) in [7, 11) is 0. The molecular weight excluding hydrogens is 312 g/mol. The first-order valence-corrected chi connectivity index (χ1v) is 7.89. The topological polar surface area (TPSA) is 79.9 Å². The Morgan fingerprint density at radius 1 is 1.09 bits per heavy atom. The molecule has 0 fully saturated rings. The van der Waals surface area contributed by atoms with Gasteiger partial charge in [0.15, 0.2) is 5.16 Å². The number of carbonyl (C=O) groups is 1. The summed E-state index contributed by atoms with van der Waals surface area (Å²) < 4.78 is 5.70. The van der Waals surface area contributed by atoms with Gasteiger partial charge in [-0.25, -0.2) is 4.98 Å². The van der Waals surface area contributed by atoms with Crippen LogP contribution < -0.4 is 10.1 Å². The van der Waals surface area contributed by atoms with Crippen LogP contribution in [-0.2, 0) is 4.79 Å².